The lowest BCUT2D eigenvalue weighted by Gasteiger charge is -2.42. The Morgan fingerprint density at radius 1 is 1.24 bits per heavy atom. The van der Waals surface area contributed by atoms with E-state index < -0.39 is 0 Å². The Hall–Kier alpha value is -3.49. The lowest BCUT2D eigenvalue weighted by atomic mass is 9.92. The Balaban J connectivity index is 1.23. The summed E-state index contributed by atoms with van der Waals surface area (Å²) >= 11 is 0. The topological polar surface area (TPSA) is 88.8 Å². The highest BCUT2D eigenvalue weighted by Crippen LogP contribution is 2.20. The van der Waals surface area contributed by atoms with E-state index in [4.69, 9.17) is 4.74 Å². The van der Waals surface area contributed by atoms with Crippen molar-refractivity contribution in [3.05, 3.63) is 60.3 Å². The van der Waals surface area contributed by atoms with Gasteiger partial charge in [-0.25, -0.2) is 4.39 Å². The van der Waals surface area contributed by atoms with E-state index in [2.05, 4.69) is 15.5 Å². The predicted molar refractivity (Wildman–Crippen MR) is 102 cm³/mol. The lowest BCUT2D eigenvalue weighted by molar-refractivity contribution is -0.140. The molecule has 1 unspecified atom stereocenters. The van der Waals surface area contributed by atoms with Crippen molar-refractivity contribution < 1.29 is 18.7 Å². The number of hydrogen-bond donors (Lipinski definition) is 1. The summed E-state index contributed by atoms with van der Waals surface area (Å²) in [5.74, 6) is -0.0542. The third kappa shape index (κ3) is 4.18. The van der Waals surface area contributed by atoms with Crippen molar-refractivity contribution in [2.75, 3.05) is 19.7 Å². The number of benzene rings is 1. The molecule has 3 aromatic rings. The van der Waals surface area contributed by atoms with E-state index in [9.17, 15) is 14.0 Å². The summed E-state index contributed by atoms with van der Waals surface area (Å²) in [6.45, 7) is 2.93. The molecule has 8 nitrogen and oxygen atoms in total. The van der Waals surface area contributed by atoms with Crippen LogP contribution in [0.1, 0.15) is 17.3 Å². The molecule has 0 spiro atoms. The lowest BCUT2D eigenvalue weighted by Crippen LogP contribution is -2.58. The quantitative estimate of drug-likeness (QED) is 0.681. The molecule has 1 aromatic carbocycles. The highest BCUT2D eigenvalue weighted by molar-refractivity contribution is 5.94. The second kappa shape index (κ2) is 7.86. The van der Waals surface area contributed by atoms with Gasteiger partial charge in [-0.15, -0.1) is 10.2 Å². The Labute approximate surface area is 166 Å². The number of carbonyl (C=O) groups excluding carboxylic acids is 2. The van der Waals surface area contributed by atoms with Crippen molar-refractivity contribution in [1.82, 2.24) is 24.8 Å². The van der Waals surface area contributed by atoms with E-state index in [1.165, 1.54) is 24.3 Å². The van der Waals surface area contributed by atoms with Gasteiger partial charge in [0.1, 0.15) is 17.9 Å². The van der Waals surface area contributed by atoms with Gasteiger partial charge < -0.3 is 15.0 Å². The predicted octanol–water partition coefficient (Wildman–Crippen LogP) is 1.52. The molecule has 0 radical (unpaired) electrons. The fourth-order valence-corrected chi connectivity index (χ4v) is 3.17. The number of nitrogens with one attached hydrogen (secondary N) is 1. The minimum atomic E-state index is -0.355. The summed E-state index contributed by atoms with van der Waals surface area (Å²) in [7, 11) is 0. The standard InChI is InChI=1S/C20H20FN5O3/c1-13(23-20(28)14-2-7-18-24-22-12-26(18)8-14)15-9-25(10-15)19(27)11-29-17-5-3-16(21)4-6-17/h2-8,12-13,15H,9-11H2,1H3,(H,23,28). The summed E-state index contributed by atoms with van der Waals surface area (Å²) < 4.78 is 20.0. The molecule has 0 aliphatic carbocycles. The smallest absolute Gasteiger partial charge is 0.260 e. The molecular weight excluding hydrogens is 377 g/mol. The molecule has 0 saturated carbocycles. The van der Waals surface area contributed by atoms with Crippen molar-refractivity contribution >= 4 is 17.5 Å². The van der Waals surface area contributed by atoms with Crippen molar-refractivity contribution in [1.29, 1.82) is 0 Å². The van der Waals surface area contributed by atoms with Gasteiger partial charge >= 0.3 is 0 Å². The molecule has 1 fully saturated rings. The van der Waals surface area contributed by atoms with Gasteiger partial charge in [0, 0.05) is 31.2 Å². The van der Waals surface area contributed by atoms with Gasteiger partial charge in [-0.05, 0) is 43.3 Å². The summed E-state index contributed by atoms with van der Waals surface area (Å²) in [6.07, 6.45) is 3.22. The van der Waals surface area contributed by atoms with Crippen LogP contribution in [0.25, 0.3) is 5.65 Å². The Morgan fingerprint density at radius 2 is 2.00 bits per heavy atom. The Bertz CT molecular complexity index is 1030. The summed E-state index contributed by atoms with van der Waals surface area (Å²) in [5, 5.41) is 10.7. The summed E-state index contributed by atoms with van der Waals surface area (Å²) in [4.78, 5) is 26.4. The molecule has 0 bridgehead atoms. The van der Waals surface area contributed by atoms with Gasteiger partial charge in [0.2, 0.25) is 0 Å². The molecule has 1 aliphatic rings. The maximum atomic E-state index is 12.9. The molecule has 1 N–H and O–H groups in total. The van der Waals surface area contributed by atoms with Gasteiger partial charge in [-0.3, -0.25) is 14.0 Å². The van der Waals surface area contributed by atoms with Crippen molar-refractivity contribution in [3.63, 3.8) is 0 Å². The fraction of sp³-hybridized carbons (Fsp3) is 0.300. The van der Waals surface area contributed by atoms with Crippen molar-refractivity contribution in [2.45, 2.75) is 13.0 Å². The van der Waals surface area contributed by atoms with Crippen LogP contribution in [0.4, 0.5) is 4.39 Å². The normalized spacial score (nSPS) is 15.0. The number of aromatic nitrogens is 3. The second-order valence-corrected chi connectivity index (χ2v) is 7.08. The third-order valence-corrected chi connectivity index (χ3v) is 5.06. The molecule has 2 aromatic heterocycles. The monoisotopic (exact) mass is 397 g/mol. The largest absolute Gasteiger partial charge is 0.484 e. The van der Waals surface area contributed by atoms with Crippen LogP contribution in [0, 0.1) is 11.7 Å². The second-order valence-electron chi connectivity index (χ2n) is 7.08. The maximum absolute atomic E-state index is 12.9. The first-order valence-corrected chi connectivity index (χ1v) is 9.26. The Kier molecular flexibility index (Phi) is 5.11. The summed E-state index contributed by atoms with van der Waals surface area (Å²) in [5.41, 5.74) is 1.19. The van der Waals surface area contributed by atoms with Gasteiger partial charge in [-0.1, -0.05) is 0 Å². The molecule has 1 saturated heterocycles. The first-order valence-electron chi connectivity index (χ1n) is 9.26. The highest BCUT2D eigenvalue weighted by Gasteiger charge is 2.35. The van der Waals surface area contributed by atoms with Gasteiger partial charge in [0.15, 0.2) is 12.3 Å². The van der Waals surface area contributed by atoms with Gasteiger partial charge in [0.05, 0.1) is 5.56 Å². The van der Waals surface area contributed by atoms with Crippen LogP contribution >= 0.6 is 0 Å². The van der Waals surface area contributed by atoms with E-state index in [0.717, 1.165) is 0 Å². The number of carbonyl (C=O) groups is 2. The van der Waals surface area contributed by atoms with Crippen LogP contribution in [-0.4, -0.2) is 57.1 Å². The van der Waals surface area contributed by atoms with E-state index >= 15 is 0 Å². The zero-order valence-corrected chi connectivity index (χ0v) is 15.8. The zero-order valence-electron chi connectivity index (χ0n) is 15.8. The molecule has 1 atom stereocenters. The van der Waals surface area contributed by atoms with E-state index in [0.29, 0.717) is 30.0 Å². The van der Waals surface area contributed by atoms with Crippen molar-refractivity contribution in [2.24, 2.45) is 5.92 Å². The molecule has 2 amide bonds. The average Bonchev–Trinajstić information content (AvgIpc) is 3.14. The molecular formula is C20H20FN5O3. The molecule has 150 valence electrons. The van der Waals surface area contributed by atoms with E-state index in [1.54, 1.807) is 34.0 Å². The maximum Gasteiger partial charge on any atom is 0.260 e. The number of rotatable bonds is 6. The SMILES string of the molecule is CC(NC(=O)c1ccc2nncn2c1)C1CN(C(=O)COc2ccc(F)cc2)C1. The average molecular weight is 397 g/mol. The van der Waals surface area contributed by atoms with Crippen LogP contribution < -0.4 is 10.1 Å². The number of pyridine rings is 1. The first kappa shape index (κ1) is 18.9. The number of amides is 2. The van der Waals surface area contributed by atoms with Crippen LogP contribution in [0.5, 0.6) is 5.75 Å². The minimum absolute atomic E-state index is 0.0822. The van der Waals surface area contributed by atoms with E-state index in [1.807, 2.05) is 6.92 Å². The molecule has 1 aliphatic heterocycles. The third-order valence-electron chi connectivity index (χ3n) is 5.06. The first-order chi connectivity index (χ1) is 14.0. The molecule has 4 rings (SSSR count). The number of fused-ring (bicyclic) bond motifs is 1. The van der Waals surface area contributed by atoms with Crippen LogP contribution in [-0.2, 0) is 4.79 Å². The number of ether oxygens (including phenoxy) is 1. The van der Waals surface area contributed by atoms with Crippen LogP contribution in [0.3, 0.4) is 0 Å². The highest BCUT2D eigenvalue weighted by atomic mass is 19.1. The zero-order chi connectivity index (χ0) is 20.4. The van der Waals surface area contributed by atoms with Crippen LogP contribution in [0.15, 0.2) is 48.9 Å². The van der Waals surface area contributed by atoms with E-state index in [-0.39, 0.29) is 36.2 Å². The molecule has 29 heavy (non-hydrogen) atoms. The fourth-order valence-electron chi connectivity index (χ4n) is 3.17. The number of halogens is 1. The number of hydrogen-bond acceptors (Lipinski definition) is 5. The minimum Gasteiger partial charge on any atom is -0.484 e. The number of nitrogens with zero attached hydrogens (tertiary/aromatic N) is 4. The van der Waals surface area contributed by atoms with Gasteiger partial charge in [0.25, 0.3) is 11.8 Å². The van der Waals surface area contributed by atoms with Crippen molar-refractivity contribution in [3.8, 4) is 5.75 Å². The summed E-state index contributed by atoms with van der Waals surface area (Å²) in [6, 6.07) is 8.89. The molecule has 9 heteroatoms. The Morgan fingerprint density at radius 3 is 2.76 bits per heavy atom. The number of likely N-dealkylation sites (tertiary alicyclic amines) is 1. The van der Waals surface area contributed by atoms with Gasteiger partial charge in [-0.2, -0.15) is 0 Å². The molecule has 3 heterocycles. The van der Waals surface area contributed by atoms with Crippen LogP contribution in [0.2, 0.25) is 0 Å².